The molecular formula is C14H13F2NO4. The van der Waals surface area contributed by atoms with Crippen LogP contribution in [0.4, 0.5) is 8.78 Å². The second-order valence-corrected chi connectivity index (χ2v) is 5.38. The molecule has 0 fully saturated rings. The zero-order valence-corrected chi connectivity index (χ0v) is 11.4. The second kappa shape index (κ2) is 5.23. The number of halogens is 2. The van der Waals surface area contributed by atoms with E-state index in [-0.39, 0.29) is 11.1 Å². The smallest absolute Gasteiger partial charge is 0.330 e. The van der Waals surface area contributed by atoms with E-state index in [0.717, 1.165) is 0 Å². The Morgan fingerprint density at radius 1 is 1.19 bits per heavy atom. The predicted octanol–water partition coefficient (Wildman–Crippen LogP) is 2.42. The van der Waals surface area contributed by atoms with E-state index in [9.17, 15) is 23.2 Å². The molecular weight excluding hydrogens is 284 g/mol. The zero-order chi connectivity index (χ0) is 15.8. The van der Waals surface area contributed by atoms with Gasteiger partial charge >= 0.3 is 5.97 Å². The van der Waals surface area contributed by atoms with Crippen LogP contribution in [-0.4, -0.2) is 29.3 Å². The molecule has 1 aromatic rings. The number of carbonyl (C=O) groups is 3. The molecule has 2 amide bonds. The van der Waals surface area contributed by atoms with Crippen LogP contribution in [0.3, 0.4) is 0 Å². The average Bonchev–Trinajstić information content (AvgIpc) is 2.64. The minimum Gasteiger partial charge on any atom is -0.330 e. The highest BCUT2D eigenvalue weighted by Gasteiger charge is 2.40. The Hall–Kier alpha value is -2.31. The predicted molar refractivity (Wildman–Crippen MR) is 67.4 cm³/mol. The van der Waals surface area contributed by atoms with Crippen LogP contribution < -0.4 is 0 Å². The number of benzene rings is 1. The van der Waals surface area contributed by atoms with E-state index in [1.54, 1.807) is 12.1 Å². The highest BCUT2D eigenvalue weighted by Crippen LogP contribution is 2.30. The highest BCUT2D eigenvalue weighted by atomic mass is 19.3. The number of hydrogen-bond donors (Lipinski definition) is 0. The van der Waals surface area contributed by atoms with Crippen molar-refractivity contribution in [2.75, 3.05) is 0 Å². The van der Waals surface area contributed by atoms with Crippen LogP contribution >= 0.6 is 0 Å². The summed E-state index contributed by atoms with van der Waals surface area (Å²) < 4.78 is 25.4. The third-order valence-electron chi connectivity index (χ3n) is 3.14. The van der Waals surface area contributed by atoms with Crippen LogP contribution in [-0.2, 0) is 9.63 Å². The molecule has 5 nitrogen and oxygen atoms in total. The summed E-state index contributed by atoms with van der Waals surface area (Å²) >= 11 is 0. The maximum atomic E-state index is 12.7. The van der Waals surface area contributed by atoms with Crippen LogP contribution in [0.2, 0.25) is 0 Å². The number of carbonyl (C=O) groups excluding carboxylic acids is 3. The molecule has 1 heterocycles. The van der Waals surface area contributed by atoms with Gasteiger partial charge in [0.2, 0.25) is 6.43 Å². The van der Waals surface area contributed by atoms with Gasteiger partial charge in [0.25, 0.3) is 11.8 Å². The number of nitrogens with zero attached hydrogens (tertiary/aromatic N) is 1. The molecule has 0 saturated heterocycles. The largest absolute Gasteiger partial charge is 0.333 e. The molecule has 0 bridgehead atoms. The zero-order valence-electron chi connectivity index (χ0n) is 11.4. The first-order valence-corrected chi connectivity index (χ1v) is 6.21. The van der Waals surface area contributed by atoms with Gasteiger partial charge in [-0.15, -0.1) is 0 Å². The first kappa shape index (κ1) is 15.1. The molecule has 2 rings (SSSR count). The van der Waals surface area contributed by atoms with Crippen molar-refractivity contribution in [3.05, 3.63) is 35.4 Å². The van der Waals surface area contributed by atoms with Crippen LogP contribution in [0.15, 0.2) is 24.3 Å². The van der Waals surface area contributed by atoms with Gasteiger partial charge in [0, 0.05) is 5.41 Å². The minimum atomic E-state index is -2.73. The fourth-order valence-electron chi connectivity index (χ4n) is 1.83. The van der Waals surface area contributed by atoms with E-state index >= 15 is 0 Å². The molecule has 0 saturated carbocycles. The van der Waals surface area contributed by atoms with E-state index in [1.807, 2.05) is 0 Å². The Balaban J connectivity index is 2.11. The van der Waals surface area contributed by atoms with Crippen LogP contribution in [0, 0.1) is 5.41 Å². The van der Waals surface area contributed by atoms with Crippen molar-refractivity contribution in [2.45, 2.75) is 26.7 Å². The summed E-state index contributed by atoms with van der Waals surface area (Å²) in [6.45, 7) is 2.39. The third-order valence-corrected chi connectivity index (χ3v) is 3.14. The van der Waals surface area contributed by atoms with E-state index < -0.39 is 36.0 Å². The first-order valence-electron chi connectivity index (χ1n) is 6.21. The number of fused-ring (bicyclic) bond motifs is 1. The quantitative estimate of drug-likeness (QED) is 0.801. The van der Waals surface area contributed by atoms with E-state index in [2.05, 4.69) is 4.84 Å². The Morgan fingerprint density at radius 2 is 1.67 bits per heavy atom. The molecule has 1 aliphatic rings. The summed E-state index contributed by atoms with van der Waals surface area (Å²) in [5.41, 5.74) is -1.37. The Morgan fingerprint density at radius 3 is 2.10 bits per heavy atom. The summed E-state index contributed by atoms with van der Waals surface area (Å²) in [7, 11) is 0. The Kier molecular flexibility index (Phi) is 3.76. The molecule has 0 aromatic heterocycles. The number of hydrogen-bond acceptors (Lipinski definition) is 4. The number of amides is 2. The van der Waals surface area contributed by atoms with Gasteiger partial charge < -0.3 is 4.84 Å². The van der Waals surface area contributed by atoms with Crippen molar-refractivity contribution < 1.29 is 28.0 Å². The molecule has 21 heavy (non-hydrogen) atoms. The summed E-state index contributed by atoms with van der Waals surface area (Å²) in [4.78, 5) is 40.2. The molecule has 0 radical (unpaired) electrons. The lowest BCUT2D eigenvalue weighted by molar-refractivity contribution is -0.173. The van der Waals surface area contributed by atoms with Crippen molar-refractivity contribution in [2.24, 2.45) is 5.41 Å². The average molecular weight is 297 g/mol. The molecule has 0 N–H and O–H groups in total. The lowest BCUT2D eigenvalue weighted by Gasteiger charge is -2.22. The minimum absolute atomic E-state index is 0.114. The summed E-state index contributed by atoms with van der Waals surface area (Å²) in [5, 5.41) is 0.314. The maximum Gasteiger partial charge on any atom is 0.333 e. The molecule has 1 aromatic carbocycles. The molecule has 0 unspecified atom stereocenters. The summed E-state index contributed by atoms with van der Waals surface area (Å²) in [6.07, 6.45) is -3.34. The SMILES string of the molecule is CC(C)(CC(=O)ON1C(=O)c2ccccc2C1=O)C(F)F. The van der Waals surface area contributed by atoms with Gasteiger partial charge in [0.1, 0.15) is 0 Å². The Labute approximate surface area is 119 Å². The lowest BCUT2D eigenvalue weighted by Crippen LogP contribution is -2.35. The van der Waals surface area contributed by atoms with Crippen LogP contribution in [0.5, 0.6) is 0 Å². The fourth-order valence-corrected chi connectivity index (χ4v) is 1.83. The monoisotopic (exact) mass is 297 g/mol. The molecule has 1 aliphatic heterocycles. The molecule has 112 valence electrons. The van der Waals surface area contributed by atoms with Crippen LogP contribution in [0.1, 0.15) is 41.0 Å². The van der Waals surface area contributed by atoms with Gasteiger partial charge in [0.15, 0.2) is 0 Å². The third kappa shape index (κ3) is 2.76. The van der Waals surface area contributed by atoms with E-state index in [4.69, 9.17) is 0 Å². The number of rotatable bonds is 4. The van der Waals surface area contributed by atoms with Crippen molar-refractivity contribution >= 4 is 17.8 Å². The normalized spacial score (nSPS) is 14.6. The number of hydroxylamine groups is 2. The van der Waals surface area contributed by atoms with Crippen molar-refractivity contribution in [3.8, 4) is 0 Å². The van der Waals surface area contributed by atoms with Crippen LogP contribution in [0.25, 0.3) is 0 Å². The summed E-state index contributed by atoms with van der Waals surface area (Å²) in [5.74, 6) is -2.62. The topological polar surface area (TPSA) is 63.7 Å². The van der Waals surface area contributed by atoms with Gasteiger partial charge in [0.05, 0.1) is 17.5 Å². The molecule has 0 aliphatic carbocycles. The molecule has 0 spiro atoms. The number of alkyl halides is 2. The van der Waals surface area contributed by atoms with Gasteiger partial charge in [-0.1, -0.05) is 31.0 Å². The van der Waals surface area contributed by atoms with Crippen molar-refractivity contribution in [3.63, 3.8) is 0 Å². The fraction of sp³-hybridized carbons (Fsp3) is 0.357. The second-order valence-electron chi connectivity index (χ2n) is 5.38. The van der Waals surface area contributed by atoms with E-state index in [1.165, 1.54) is 26.0 Å². The first-order chi connectivity index (χ1) is 9.74. The molecule has 0 atom stereocenters. The standard InChI is InChI=1S/C14H13F2NO4/c1-14(2,13(15)16)7-10(18)21-17-11(19)8-5-3-4-6-9(8)12(17)20/h3-6,13H,7H2,1-2H3. The van der Waals surface area contributed by atoms with Crippen molar-refractivity contribution in [1.82, 2.24) is 5.06 Å². The highest BCUT2D eigenvalue weighted by molar-refractivity contribution is 6.20. The van der Waals surface area contributed by atoms with Crippen molar-refractivity contribution in [1.29, 1.82) is 0 Å². The van der Waals surface area contributed by atoms with E-state index in [0.29, 0.717) is 5.06 Å². The van der Waals surface area contributed by atoms with Gasteiger partial charge in [-0.2, -0.15) is 0 Å². The Bertz CT molecular complexity index is 578. The van der Waals surface area contributed by atoms with Gasteiger partial charge in [-0.3, -0.25) is 9.59 Å². The summed E-state index contributed by atoms with van der Waals surface area (Å²) in [6, 6.07) is 5.98. The number of imide groups is 1. The maximum absolute atomic E-state index is 12.7. The van der Waals surface area contributed by atoms with Gasteiger partial charge in [-0.25, -0.2) is 13.6 Å². The lowest BCUT2D eigenvalue weighted by atomic mass is 9.90. The van der Waals surface area contributed by atoms with Gasteiger partial charge in [-0.05, 0) is 12.1 Å². The molecule has 7 heteroatoms.